The number of piperazine rings is 1. The van der Waals surface area contributed by atoms with Crippen LogP contribution in [0.2, 0.25) is 5.02 Å². The van der Waals surface area contributed by atoms with Gasteiger partial charge in [0.05, 0.1) is 0 Å². The van der Waals surface area contributed by atoms with Crippen molar-refractivity contribution in [2.45, 2.75) is 12.8 Å². The van der Waals surface area contributed by atoms with E-state index in [9.17, 15) is 4.79 Å². The van der Waals surface area contributed by atoms with Crippen molar-refractivity contribution in [3.05, 3.63) is 41.6 Å². The summed E-state index contributed by atoms with van der Waals surface area (Å²) in [5, 5.41) is 3.60. The molecule has 0 unspecified atom stereocenters. The SMILES string of the molecule is O=C(N/C=C/C1CC1)N1CCN(c2cccc(Cl)c2)CC1. The van der Waals surface area contributed by atoms with E-state index in [2.05, 4.69) is 22.4 Å². The predicted octanol–water partition coefficient (Wildman–Crippen LogP) is 3.10. The van der Waals surface area contributed by atoms with Crippen LogP contribution in [0.4, 0.5) is 10.5 Å². The first-order valence-corrected chi connectivity index (χ1v) is 7.83. The molecule has 2 amide bonds. The van der Waals surface area contributed by atoms with Crippen molar-refractivity contribution in [1.29, 1.82) is 0 Å². The van der Waals surface area contributed by atoms with Crippen molar-refractivity contribution in [2.24, 2.45) is 5.92 Å². The lowest BCUT2D eigenvalue weighted by Crippen LogP contribution is -2.51. The van der Waals surface area contributed by atoms with E-state index >= 15 is 0 Å². The molecule has 112 valence electrons. The first kappa shape index (κ1) is 14.3. The summed E-state index contributed by atoms with van der Waals surface area (Å²) < 4.78 is 0. The molecule has 1 aromatic carbocycles. The average molecular weight is 306 g/mol. The highest BCUT2D eigenvalue weighted by molar-refractivity contribution is 6.30. The van der Waals surface area contributed by atoms with E-state index in [-0.39, 0.29) is 6.03 Å². The van der Waals surface area contributed by atoms with Crippen molar-refractivity contribution < 1.29 is 4.79 Å². The number of hydrogen-bond acceptors (Lipinski definition) is 2. The van der Waals surface area contributed by atoms with E-state index in [0.717, 1.165) is 36.9 Å². The van der Waals surface area contributed by atoms with Gasteiger partial charge in [0.2, 0.25) is 0 Å². The van der Waals surface area contributed by atoms with Gasteiger partial charge >= 0.3 is 6.03 Å². The molecule has 1 aromatic rings. The number of anilines is 1. The molecule has 3 rings (SSSR count). The van der Waals surface area contributed by atoms with Crippen LogP contribution in [0, 0.1) is 5.92 Å². The first-order valence-electron chi connectivity index (χ1n) is 7.45. The van der Waals surface area contributed by atoms with Gasteiger partial charge < -0.3 is 15.1 Å². The number of rotatable bonds is 3. The van der Waals surface area contributed by atoms with E-state index in [1.54, 1.807) is 6.20 Å². The van der Waals surface area contributed by atoms with E-state index in [0.29, 0.717) is 5.92 Å². The van der Waals surface area contributed by atoms with Crippen LogP contribution in [0.3, 0.4) is 0 Å². The Morgan fingerprint density at radius 3 is 2.67 bits per heavy atom. The summed E-state index contributed by atoms with van der Waals surface area (Å²) in [7, 11) is 0. The van der Waals surface area contributed by atoms with Gasteiger partial charge in [-0.1, -0.05) is 23.7 Å². The summed E-state index contributed by atoms with van der Waals surface area (Å²) >= 11 is 6.02. The van der Waals surface area contributed by atoms with Gasteiger partial charge in [0.1, 0.15) is 0 Å². The number of carbonyl (C=O) groups excluding carboxylic acids is 1. The van der Waals surface area contributed by atoms with Crippen LogP contribution in [0.25, 0.3) is 0 Å². The molecule has 0 bridgehead atoms. The molecule has 0 radical (unpaired) electrons. The lowest BCUT2D eigenvalue weighted by Gasteiger charge is -2.35. The minimum absolute atomic E-state index is 0.00218. The molecule has 1 saturated carbocycles. The zero-order valence-corrected chi connectivity index (χ0v) is 12.7. The molecule has 0 aromatic heterocycles. The summed E-state index contributed by atoms with van der Waals surface area (Å²) in [6, 6.07) is 7.85. The molecule has 21 heavy (non-hydrogen) atoms. The lowest BCUT2D eigenvalue weighted by molar-refractivity contribution is 0.198. The Kier molecular flexibility index (Phi) is 4.34. The van der Waals surface area contributed by atoms with Crippen LogP contribution in [0.1, 0.15) is 12.8 Å². The van der Waals surface area contributed by atoms with Gasteiger partial charge in [0, 0.05) is 43.1 Å². The Hall–Kier alpha value is -1.68. The highest BCUT2D eigenvalue weighted by atomic mass is 35.5. The van der Waals surface area contributed by atoms with Gasteiger partial charge in [0.15, 0.2) is 0 Å². The van der Waals surface area contributed by atoms with Gasteiger partial charge in [-0.25, -0.2) is 4.79 Å². The Morgan fingerprint density at radius 1 is 1.24 bits per heavy atom. The molecule has 1 saturated heterocycles. The smallest absolute Gasteiger partial charge is 0.321 e. The fraction of sp³-hybridized carbons (Fsp3) is 0.438. The van der Waals surface area contributed by atoms with Crippen LogP contribution < -0.4 is 10.2 Å². The topological polar surface area (TPSA) is 35.6 Å². The van der Waals surface area contributed by atoms with Gasteiger partial charge in [-0.05, 0) is 37.0 Å². The zero-order valence-electron chi connectivity index (χ0n) is 12.0. The molecule has 4 nitrogen and oxygen atoms in total. The molecule has 1 N–H and O–H groups in total. The summed E-state index contributed by atoms with van der Waals surface area (Å²) in [4.78, 5) is 16.1. The number of benzene rings is 1. The van der Waals surface area contributed by atoms with Crippen LogP contribution in [-0.2, 0) is 0 Å². The quantitative estimate of drug-likeness (QED) is 0.931. The molecule has 2 fully saturated rings. The number of amides is 2. The van der Waals surface area contributed by atoms with Crippen LogP contribution in [0.15, 0.2) is 36.5 Å². The molecule has 1 aliphatic carbocycles. The van der Waals surface area contributed by atoms with Gasteiger partial charge in [-0.15, -0.1) is 0 Å². The number of carbonyl (C=O) groups is 1. The molecule has 0 atom stereocenters. The maximum Gasteiger partial charge on any atom is 0.321 e. The van der Waals surface area contributed by atoms with Gasteiger partial charge in [-0.2, -0.15) is 0 Å². The number of halogens is 1. The van der Waals surface area contributed by atoms with Crippen molar-refractivity contribution in [2.75, 3.05) is 31.1 Å². The third kappa shape index (κ3) is 3.91. The van der Waals surface area contributed by atoms with E-state index in [1.165, 1.54) is 12.8 Å². The number of hydrogen-bond donors (Lipinski definition) is 1. The Bertz CT molecular complexity index is 534. The van der Waals surface area contributed by atoms with Crippen molar-refractivity contribution in [1.82, 2.24) is 10.2 Å². The Balaban J connectivity index is 1.49. The highest BCUT2D eigenvalue weighted by Gasteiger charge is 2.21. The lowest BCUT2D eigenvalue weighted by atomic mass is 10.2. The Labute approximate surface area is 130 Å². The van der Waals surface area contributed by atoms with Gasteiger partial charge in [-0.3, -0.25) is 0 Å². The molecular formula is C16H20ClN3O. The Morgan fingerprint density at radius 2 is 2.00 bits per heavy atom. The van der Waals surface area contributed by atoms with Crippen LogP contribution in [0.5, 0.6) is 0 Å². The maximum absolute atomic E-state index is 12.0. The van der Waals surface area contributed by atoms with E-state index in [1.807, 2.05) is 23.1 Å². The van der Waals surface area contributed by atoms with E-state index < -0.39 is 0 Å². The number of nitrogens with one attached hydrogen (secondary N) is 1. The second-order valence-electron chi connectivity index (χ2n) is 5.60. The van der Waals surface area contributed by atoms with Crippen LogP contribution in [-0.4, -0.2) is 37.1 Å². The second kappa shape index (κ2) is 6.39. The minimum atomic E-state index is -0.00218. The predicted molar refractivity (Wildman–Crippen MR) is 85.6 cm³/mol. The standard InChI is InChI=1S/C16H20ClN3O/c17-14-2-1-3-15(12-14)19-8-10-20(11-9-19)16(21)18-7-6-13-4-5-13/h1-3,6-7,12-13H,4-5,8-11H2,(H,18,21)/b7-6+. The zero-order chi connectivity index (χ0) is 14.7. The normalized spacial score (nSPS) is 19.1. The summed E-state index contributed by atoms with van der Waals surface area (Å²) in [6.07, 6.45) is 6.39. The molecule has 0 spiro atoms. The summed E-state index contributed by atoms with van der Waals surface area (Å²) in [5.74, 6) is 0.685. The number of allylic oxidation sites excluding steroid dienone is 1. The first-order chi connectivity index (χ1) is 10.2. The monoisotopic (exact) mass is 305 g/mol. The highest BCUT2D eigenvalue weighted by Crippen LogP contribution is 2.29. The molecule has 2 aliphatic rings. The van der Waals surface area contributed by atoms with Crippen LogP contribution >= 0.6 is 11.6 Å². The summed E-state index contributed by atoms with van der Waals surface area (Å²) in [5.41, 5.74) is 1.12. The largest absolute Gasteiger partial charge is 0.368 e. The maximum atomic E-state index is 12.0. The van der Waals surface area contributed by atoms with Gasteiger partial charge in [0.25, 0.3) is 0 Å². The van der Waals surface area contributed by atoms with E-state index in [4.69, 9.17) is 11.6 Å². The van der Waals surface area contributed by atoms with Crippen molar-refractivity contribution in [3.63, 3.8) is 0 Å². The molecule has 5 heteroatoms. The number of nitrogens with zero attached hydrogens (tertiary/aromatic N) is 2. The average Bonchev–Trinajstić information content (AvgIpc) is 3.31. The second-order valence-corrected chi connectivity index (χ2v) is 6.04. The molecular weight excluding hydrogens is 286 g/mol. The minimum Gasteiger partial charge on any atom is -0.368 e. The summed E-state index contributed by atoms with van der Waals surface area (Å²) in [6.45, 7) is 3.13. The third-order valence-electron chi connectivity index (χ3n) is 3.94. The van der Waals surface area contributed by atoms with Crippen molar-refractivity contribution >= 4 is 23.3 Å². The third-order valence-corrected chi connectivity index (χ3v) is 4.17. The van der Waals surface area contributed by atoms with Crippen molar-refractivity contribution in [3.8, 4) is 0 Å². The fourth-order valence-corrected chi connectivity index (χ4v) is 2.66. The molecule has 1 aliphatic heterocycles. The molecule has 1 heterocycles. The number of urea groups is 1. The fourth-order valence-electron chi connectivity index (χ4n) is 2.48.